The van der Waals surface area contributed by atoms with Gasteiger partial charge in [-0.25, -0.2) is 4.39 Å². The van der Waals surface area contributed by atoms with E-state index in [1.165, 1.54) is 0 Å². The highest BCUT2D eigenvalue weighted by atomic mass is 19.1. The van der Waals surface area contributed by atoms with Crippen molar-refractivity contribution in [2.45, 2.75) is 69.6 Å². The molecule has 0 bridgehead atoms. The Morgan fingerprint density at radius 1 is 1.03 bits per heavy atom. The molecule has 0 spiro atoms. The maximum atomic E-state index is 13.5. The number of aromatic nitrogens is 1. The fourth-order valence-corrected chi connectivity index (χ4v) is 5.99. The fraction of sp³-hybridized carbons (Fsp3) is 0.406. The zero-order valence-electron chi connectivity index (χ0n) is 22.7. The summed E-state index contributed by atoms with van der Waals surface area (Å²) in [5, 5.41) is 3.06. The molecule has 3 aromatic rings. The summed E-state index contributed by atoms with van der Waals surface area (Å²) in [7, 11) is 1.86. The van der Waals surface area contributed by atoms with Crippen molar-refractivity contribution in [2.75, 3.05) is 12.4 Å². The van der Waals surface area contributed by atoms with Gasteiger partial charge in [0.2, 0.25) is 11.8 Å². The van der Waals surface area contributed by atoms with Crippen molar-refractivity contribution in [1.29, 1.82) is 0 Å². The van der Waals surface area contributed by atoms with Gasteiger partial charge in [0.05, 0.1) is 17.6 Å². The number of rotatable bonds is 7. The van der Waals surface area contributed by atoms with Crippen molar-refractivity contribution in [3.8, 4) is 22.4 Å². The molecule has 3 N–H and O–H groups in total. The largest absolute Gasteiger partial charge is 0.343 e. The maximum absolute atomic E-state index is 13.5. The summed E-state index contributed by atoms with van der Waals surface area (Å²) >= 11 is 0. The van der Waals surface area contributed by atoms with E-state index in [1.807, 2.05) is 72.6 Å². The summed E-state index contributed by atoms with van der Waals surface area (Å²) in [6.45, 7) is 1.60. The Labute approximate surface area is 229 Å². The zero-order chi connectivity index (χ0) is 27.6. The van der Waals surface area contributed by atoms with E-state index in [-0.39, 0.29) is 17.9 Å². The van der Waals surface area contributed by atoms with Crippen LogP contribution in [-0.2, 0) is 15.1 Å². The molecule has 2 aliphatic rings. The number of hydrogen-bond donors (Lipinski definition) is 2. The molecule has 6 nitrogen and oxygen atoms in total. The van der Waals surface area contributed by atoms with Gasteiger partial charge < -0.3 is 16.0 Å². The van der Waals surface area contributed by atoms with Gasteiger partial charge in [0.15, 0.2) is 0 Å². The van der Waals surface area contributed by atoms with Gasteiger partial charge in [0, 0.05) is 55.9 Å². The van der Waals surface area contributed by atoms with E-state index in [1.54, 1.807) is 13.1 Å². The number of alkyl halides is 1. The first-order valence-electron chi connectivity index (χ1n) is 13.8. The molecule has 2 saturated carbocycles. The van der Waals surface area contributed by atoms with Gasteiger partial charge in [-0.1, -0.05) is 54.6 Å². The Morgan fingerprint density at radius 2 is 1.69 bits per heavy atom. The van der Waals surface area contributed by atoms with Crippen molar-refractivity contribution in [2.24, 2.45) is 11.7 Å². The van der Waals surface area contributed by atoms with Crippen LogP contribution in [0.15, 0.2) is 66.9 Å². The van der Waals surface area contributed by atoms with Crippen LogP contribution in [0.2, 0.25) is 0 Å². The van der Waals surface area contributed by atoms with E-state index in [9.17, 15) is 14.0 Å². The fourth-order valence-electron chi connectivity index (χ4n) is 5.99. The molecular weight excluding hydrogens is 491 g/mol. The van der Waals surface area contributed by atoms with Crippen LogP contribution < -0.4 is 11.1 Å². The molecule has 2 aromatic carbocycles. The van der Waals surface area contributed by atoms with Gasteiger partial charge in [-0.05, 0) is 48.8 Å². The molecule has 0 saturated heterocycles. The number of halogens is 1. The van der Waals surface area contributed by atoms with Gasteiger partial charge in [0.25, 0.3) is 0 Å². The molecule has 1 aromatic heterocycles. The summed E-state index contributed by atoms with van der Waals surface area (Å²) in [6.07, 6.45) is 5.78. The van der Waals surface area contributed by atoms with Gasteiger partial charge in [-0.3, -0.25) is 14.6 Å². The summed E-state index contributed by atoms with van der Waals surface area (Å²) in [6, 6.07) is 20.2. The normalized spacial score (nSPS) is 24.5. The first-order chi connectivity index (χ1) is 18.7. The lowest BCUT2D eigenvalue weighted by molar-refractivity contribution is -0.130. The lowest BCUT2D eigenvalue weighted by Crippen LogP contribution is -2.50. The topological polar surface area (TPSA) is 88.3 Å². The molecule has 0 unspecified atom stereocenters. The minimum Gasteiger partial charge on any atom is -0.343 e. The van der Waals surface area contributed by atoms with E-state index in [4.69, 9.17) is 10.7 Å². The first-order valence-corrected chi connectivity index (χ1v) is 13.8. The standard InChI is InChI=1S/C32H37FN4O2/c1-21(38)37(2)28-14-8-22(9-15-28)16-30(39)36-27-17-29(23-6-4-3-5-7-23)31(35-20-27)24-10-12-25(13-11-24)32(34)18-26(33)19-32/h3-7,10-13,17,20,22,26,28H,8-9,14-16,18-19,34H2,1-2H3,(H,36,39)/t22-,26-,28-,32-. The summed E-state index contributed by atoms with van der Waals surface area (Å²) in [5.41, 5.74) is 11.0. The SMILES string of the molecule is CC(=O)N(C)[C@H]1CC[C@H](CC(=O)Nc2cnc(-c3ccc([C@]4(N)C[C@H](F)C4)cc3)c(-c3ccccc3)c2)CC1. The van der Waals surface area contributed by atoms with E-state index in [0.717, 1.165) is 53.6 Å². The Balaban J connectivity index is 1.30. The highest BCUT2D eigenvalue weighted by Crippen LogP contribution is 2.42. The van der Waals surface area contributed by atoms with Gasteiger partial charge in [-0.2, -0.15) is 0 Å². The lowest BCUT2D eigenvalue weighted by Gasteiger charge is -2.41. The van der Waals surface area contributed by atoms with Crippen LogP contribution in [0.3, 0.4) is 0 Å². The number of amides is 2. The number of anilines is 1. The molecule has 39 heavy (non-hydrogen) atoms. The highest BCUT2D eigenvalue weighted by molar-refractivity contribution is 5.93. The summed E-state index contributed by atoms with van der Waals surface area (Å²) in [4.78, 5) is 31.2. The van der Waals surface area contributed by atoms with E-state index >= 15 is 0 Å². The molecule has 7 heteroatoms. The first kappa shape index (κ1) is 27.0. The van der Waals surface area contributed by atoms with Crippen LogP contribution in [0.1, 0.15) is 57.4 Å². The van der Waals surface area contributed by atoms with E-state index in [2.05, 4.69) is 5.32 Å². The smallest absolute Gasteiger partial charge is 0.224 e. The molecule has 0 radical (unpaired) electrons. The Morgan fingerprint density at radius 3 is 2.31 bits per heavy atom. The zero-order valence-corrected chi connectivity index (χ0v) is 22.7. The van der Waals surface area contributed by atoms with Crippen LogP contribution in [0.25, 0.3) is 22.4 Å². The molecule has 204 valence electrons. The number of carbonyl (C=O) groups is 2. The second kappa shape index (κ2) is 11.3. The number of benzene rings is 2. The molecule has 2 amide bonds. The average Bonchev–Trinajstić information content (AvgIpc) is 2.93. The molecule has 2 aliphatic carbocycles. The number of nitrogens with one attached hydrogen (secondary N) is 1. The second-order valence-electron chi connectivity index (χ2n) is 11.3. The van der Waals surface area contributed by atoms with Crippen molar-refractivity contribution < 1.29 is 14.0 Å². The van der Waals surface area contributed by atoms with Crippen LogP contribution in [0.5, 0.6) is 0 Å². The van der Waals surface area contributed by atoms with Crippen LogP contribution in [0.4, 0.5) is 10.1 Å². The number of carbonyl (C=O) groups excluding carboxylic acids is 2. The van der Waals surface area contributed by atoms with Gasteiger partial charge in [-0.15, -0.1) is 0 Å². The van der Waals surface area contributed by atoms with Crippen LogP contribution in [0, 0.1) is 5.92 Å². The predicted octanol–water partition coefficient (Wildman–Crippen LogP) is 6.07. The molecule has 5 rings (SSSR count). The van der Waals surface area contributed by atoms with E-state index < -0.39 is 11.7 Å². The predicted molar refractivity (Wildman–Crippen MR) is 153 cm³/mol. The maximum Gasteiger partial charge on any atom is 0.224 e. The van der Waals surface area contributed by atoms with Gasteiger partial charge >= 0.3 is 0 Å². The Hall–Kier alpha value is -3.58. The Kier molecular flexibility index (Phi) is 7.80. The molecule has 0 atom stereocenters. The number of nitrogens with zero attached hydrogens (tertiary/aromatic N) is 2. The van der Waals surface area contributed by atoms with Crippen molar-refractivity contribution in [3.63, 3.8) is 0 Å². The molecule has 2 fully saturated rings. The summed E-state index contributed by atoms with van der Waals surface area (Å²) in [5.74, 6) is 0.389. The molecule has 0 aliphatic heterocycles. The third-order valence-corrected chi connectivity index (χ3v) is 8.50. The van der Waals surface area contributed by atoms with Crippen molar-refractivity contribution in [3.05, 3.63) is 72.4 Å². The lowest BCUT2D eigenvalue weighted by atomic mass is 9.71. The van der Waals surface area contributed by atoms with E-state index in [0.29, 0.717) is 30.9 Å². The monoisotopic (exact) mass is 528 g/mol. The number of nitrogens with two attached hydrogens (primary N) is 1. The van der Waals surface area contributed by atoms with Crippen molar-refractivity contribution in [1.82, 2.24) is 9.88 Å². The van der Waals surface area contributed by atoms with Crippen LogP contribution >= 0.6 is 0 Å². The highest BCUT2D eigenvalue weighted by Gasteiger charge is 2.42. The minimum absolute atomic E-state index is 0.0174. The third-order valence-electron chi connectivity index (χ3n) is 8.50. The van der Waals surface area contributed by atoms with Crippen molar-refractivity contribution >= 4 is 17.5 Å². The van der Waals surface area contributed by atoms with Crippen LogP contribution in [-0.4, -0.2) is 41.0 Å². The molecular formula is C32H37FN4O2. The summed E-state index contributed by atoms with van der Waals surface area (Å²) < 4.78 is 13.5. The average molecular weight is 529 g/mol. The van der Waals surface area contributed by atoms with Gasteiger partial charge in [0.1, 0.15) is 6.17 Å². The number of hydrogen-bond acceptors (Lipinski definition) is 4. The molecule has 1 heterocycles. The second-order valence-corrected chi connectivity index (χ2v) is 11.3. The minimum atomic E-state index is -0.827. The number of pyridine rings is 1. The quantitative estimate of drug-likeness (QED) is 0.390. The Bertz CT molecular complexity index is 1310. The third kappa shape index (κ3) is 6.04.